The largest absolute Gasteiger partial charge is 0.262 e. The summed E-state index contributed by atoms with van der Waals surface area (Å²) in [6, 6.07) is 6.61. The van der Waals surface area contributed by atoms with Gasteiger partial charge in [0.1, 0.15) is 4.90 Å². The first-order valence-electron chi connectivity index (χ1n) is 5.82. The van der Waals surface area contributed by atoms with Gasteiger partial charge in [0.15, 0.2) is 0 Å². The summed E-state index contributed by atoms with van der Waals surface area (Å²) in [5.74, 6) is 0. The molecule has 0 aliphatic heterocycles. The van der Waals surface area contributed by atoms with Crippen molar-refractivity contribution in [3.63, 3.8) is 0 Å². The Morgan fingerprint density at radius 2 is 2.00 bits per heavy atom. The summed E-state index contributed by atoms with van der Waals surface area (Å²) in [5.41, 5.74) is 0.637. The summed E-state index contributed by atoms with van der Waals surface area (Å²) in [6.07, 6.45) is 2.82. The number of sulfonamides is 1. The molecule has 0 fully saturated rings. The van der Waals surface area contributed by atoms with Gasteiger partial charge in [0.25, 0.3) is 0 Å². The van der Waals surface area contributed by atoms with E-state index in [0.717, 1.165) is 0 Å². The molecule has 0 radical (unpaired) electrons. The second-order valence-corrected chi connectivity index (χ2v) is 8.06. The minimum Gasteiger partial charge on any atom is -0.262 e. The molecule has 112 valence electrons. The maximum absolute atomic E-state index is 12.5. The summed E-state index contributed by atoms with van der Waals surface area (Å²) in [5, 5.41) is 0.748. The topological polar surface area (TPSA) is 50.3 Å². The van der Waals surface area contributed by atoms with Gasteiger partial charge in [0.05, 0.1) is 10.0 Å². The van der Waals surface area contributed by atoms with Gasteiger partial charge < -0.3 is 0 Å². The van der Waals surface area contributed by atoms with Crippen molar-refractivity contribution in [1.29, 1.82) is 0 Å². The molecule has 21 heavy (non-hydrogen) atoms. The summed E-state index contributed by atoms with van der Waals surface area (Å²) >= 11 is 15.2. The van der Waals surface area contributed by atoms with Gasteiger partial charge in [-0.2, -0.15) is 4.31 Å². The average Bonchev–Trinajstić information content (AvgIpc) is 2.43. The lowest BCUT2D eigenvalue weighted by Crippen LogP contribution is -2.26. The molecule has 2 rings (SSSR count). The fraction of sp³-hybridized carbons (Fsp3) is 0.154. The Balaban J connectivity index is 2.31. The zero-order valence-electron chi connectivity index (χ0n) is 10.9. The first-order valence-corrected chi connectivity index (χ1v) is 8.81. The molecule has 0 unspecified atom stereocenters. The number of halogens is 3. The van der Waals surface area contributed by atoms with Crippen LogP contribution in [0.2, 0.25) is 10.0 Å². The van der Waals surface area contributed by atoms with Gasteiger partial charge in [-0.25, -0.2) is 8.42 Å². The van der Waals surface area contributed by atoms with E-state index in [1.807, 2.05) is 0 Å². The monoisotopic (exact) mass is 408 g/mol. The number of benzene rings is 1. The van der Waals surface area contributed by atoms with Crippen molar-refractivity contribution < 1.29 is 8.42 Å². The van der Waals surface area contributed by atoms with E-state index in [0.29, 0.717) is 20.1 Å². The predicted octanol–water partition coefficient (Wildman–Crippen LogP) is 3.97. The Bertz CT molecular complexity index is 769. The Morgan fingerprint density at radius 1 is 1.29 bits per heavy atom. The van der Waals surface area contributed by atoms with Gasteiger partial charge in [-0.15, -0.1) is 0 Å². The molecular formula is C13H11BrCl2N2O2S. The van der Waals surface area contributed by atoms with Crippen molar-refractivity contribution >= 4 is 49.2 Å². The van der Waals surface area contributed by atoms with E-state index in [-0.39, 0.29) is 11.4 Å². The summed E-state index contributed by atoms with van der Waals surface area (Å²) in [4.78, 5) is 3.98. The third kappa shape index (κ3) is 3.76. The van der Waals surface area contributed by atoms with Crippen LogP contribution in [0.1, 0.15) is 5.56 Å². The molecule has 0 aliphatic carbocycles. The zero-order valence-corrected chi connectivity index (χ0v) is 14.8. The van der Waals surface area contributed by atoms with Crippen LogP contribution in [0.15, 0.2) is 46.0 Å². The standard InChI is InChI=1S/C13H11BrCl2N2O2S/c1-18(8-9-3-2-4-12(15)13(9)16)21(19,20)11-5-10(14)6-17-7-11/h2-7H,8H2,1H3. The lowest BCUT2D eigenvalue weighted by molar-refractivity contribution is 0.466. The quantitative estimate of drug-likeness (QED) is 0.767. The normalized spacial score (nSPS) is 11.9. The molecule has 1 aromatic carbocycles. The van der Waals surface area contributed by atoms with Crippen molar-refractivity contribution in [3.05, 3.63) is 56.7 Å². The van der Waals surface area contributed by atoms with Gasteiger partial charge in [-0.3, -0.25) is 4.98 Å². The van der Waals surface area contributed by atoms with E-state index in [4.69, 9.17) is 23.2 Å². The molecule has 0 bridgehead atoms. The zero-order chi connectivity index (χ0) is 15.6. The summed E-state index contributed by atoms with van der Waals surface area (Å²) in [6.45, 7) is 0.119. The van der Waals surface area contributed by atoms with Crippen molar-refractivity contribution in [2.24, 2.45) is 0 Å². The Kier molecular flexibility index (Phi) is 5.27. The highest BCUT2D eigenvalue weighted by atomic mass is 79.9. The number of hydrogen-bond acceptors (Lipinski definition) is 3. The highest BCUT2D eigenvalue weighted by molar-refractivity contribution is 9.10. The maximum atomic E-state index is 12.5. The molecule has 0 spiro atoms. The highest BCUT2D eigenvalue weighted by Gasteiger charge is 2.22. The van der Waals surface area contributed by atoms with Crippen LogP contribution in [0.25, 0.3) is 0 Å². The molecule has 4 nitrogen and oxygen atoms in total. The Hall–Kier alpha value is -0.660. The second kappa shape index (κ2) is 6.62. The average molecular weight is 410 g/mol. The number of pyridine rings is 1. The molecular weight excluding hydrogens is 399 g/mol. The molecule has 8 heteroatoms. The SMILES string of the molecule is CN(Cc1cccc(Cl)c1Cl)S(=O)(=O)c1cncc(Br)c1. The lowest BCUT2D eigenvalue weighted by Gasteiger charge is -2.18. The Labute approximate surface area is 141 Å². The van der Waals surface area contributed by atoms with E-state index in [1.54, 1.807) is 18.2 Å². The Morgan fingerprint density at radius 3 is 2.67 bits per heavy atom. The molecule has 1 heterocycles. The summed E-state index contributed by atoms with van der Waals surface area (Å²) in [7, 11) is -2.17. The molecule has 0 saturated carbocycles. The molecule has 0 aliphatic rings. The predicted molar refractivity (Wildman–Crippen MR) is 87.1 cm³/mol. The van der Waals surface area contributed by atoms with E-state index in [2.05, 4.69) is 20.9 Å². The van der Waals surface area contributed by atoms with Crippen molar-refractivity contribution in [2.45, 2.75) is 11.4 Å². The number of hydrogen-bond donors (Lipinski definition) is 0. The van der Waals surface area contributed by atoms with E-state index in [1.165, 1.54) is 29.8 Å². The van der Waals surface area contributed by atoms with Crippen LogP contribution in [0.4, 0.5) is 0 Å². The van der Waals surface area contributed by atoms with Crippen LogP contribution in [0.5, 0.6) is 0 Å². The van der Waals surface area contributed by atoms with Crippen LogP contribution >= 0.6 is 39.1 Å². The first kappa shape index (κ1) is 16.7. The third-order valence-corrected chi connectivity index (χ3v) is 5.87. The maximum Gasteiger partial charge on any atom is 0.244 e. The fourth-order valence-corrected chi connectivity index (χ4v) is 3.74. The minimum atomic E-state index is -3.65. The first-order chi connectivity index (χ1) is 9.82. The molecule has 1 aromatic heterocycles. The van der Waals surface area contributed by atoms with Crippen LogP contribution < -0.4 is 0 Å². The van der Waals surface area contributed by atoms with Crippen molar-refractivity contribution in [1.82, 2.24) is 9.29 Å². The molecule has 0 N–H and O–H groups in total. The van der Waals surface area contributed by atoms with Gasteiger partial charge >= 0.3 is 0 Å². The molecule has 2 aromatic rings. The fourth-order valence-electron chi connectivity index (χ4n) is 1.71. The number of rotatable bonds is 4. The van der Waals surface area contributed by atoms with Gasteiger partial charge in [0.2, 0.25) is 10.0 Å². The lowest BCUT2D eigenvalue weighted by atomic mass is 10.2. The molecule has 0 atom stereocenters. The van der Waals surface area contributed by atoms with Crippen LogP contribution in [-0.4, -0.2) is 24.8 Å². The number of aromatic nitrogens is 1. The number of nitrogens with zero attached hydrogens (tertiary/aromatic N) is 2. The smallest absolute Gasteiger partial charge is 0.244 e. The van der Waals surface area contributed by atoms with Crippen LogP contribution in [0, 0.1) is 0 Å². The van der Waals surface area contributed by atoms with Crippen molar-refractivity contribution in [2.75, 3.05) is 7.05 Å². The third-order valence-electron chi connectivity index (χ3n) is 2.81. The molecule has 0 amide bonds. The van der Waals surface area contributed by atoms with Gasteiger partial charge in [-0.05, 0) is 33.6 Å². The van der Waals surface area contributed by atoms with Crippen LogP contribution in [0.3, 0.4) is 0 Å². The van der Waals surface area contributed by atoms with Crippen LogP contribution in [-0.2, 0) is 16.6 Å². The van der Waals surface area contributed by atoms with E-state index < -0.39 is 10.0 Å². The summed E-state index contributed by atoms with van der Waals surface area (Å²) < 4.78 is 26.7. The molecule has 0 saturated heterocycles. The van der Waals surface area contributed by atoms with E-state index in [9.17, 15) is 8.42 Å². The van der Waals surface area contributed by atoms with Gasteiger partial charge in [-0.1, -0.05) is 35.3 Å². The second-order valence-electron chi connectivity index (χ2n) is 4.31. The minimum absolute atomic E-state index is 0.109. The highest BCUT2D eigenvalue weighted by Crippen LogP contribution is 2.27. The van der Waals surface area contributed by atoms with Gasteiger partial charge in [0, 0.05) is 30.5 Å². The van der Waals surface area contributed by atoms with Crippen molar-refractivity contribution in [3.8, 4) is 0 Å². The van der Waals surface area contributed by atoms with E-state index >= 15 is 0 Å².